The number of ether oxygens (including phenoxy) is 3. The highest BCUT2D eigenvalue weighted by atomic mass is 127. The molecule has 7 nitrogen and oxygen atoms in total. The van der Waals surface area contributed by atoms with E-state index in [1.165, 1.54) is 0 Å². The van der Waals surface area contributed by atoms with Gasteiger partial charge in [-0.05, 0) is 47.0 Å². The minimum atomic E-state index is 0. The number of nitrogens with zero attached hydrogens (tertiary/aromatic N) is 2. The van der Waals surface area contributed by atoms with Crippen LogP contribution in [0.1, 0.15) is 47.0 Å². The summed E-state index contributed by atoms with van der Waals surface area (Å²) in [7, 11) is 1.81. The zero-order valence-corrected chi connectivity index (χ0v) is 20.7. The Kier molecular flexibility index (Phi) is 12.2. The molecule has 28 heavy (non-hydrogen) atoms. The van der Waals surface area contributed by atoms with Gasteiger partial charge in [0.1, 0.15) is 0 Å². The summed E-state index contributed by atoms with van der Waals surface area (Å²) in [5, 5.41) is 6.84. The van der Waals surface area contributed by atoms with E-state index < -0.39 is 0 Å². The van der Waals surface area contributed by atoms with Crippen LogP contribution in [0.4, 0.5) is 0 Å². The van der Waals surface area contributed by atoms with Crippen molar-refractivity contribution in [2.75, 3.05) is 53.0 Å². The summed E-state index contributed by atoms with van der Waals surface area (Å²) in [6, 6.07) is 0. The van der Waals surface area contributed by atoms with Gasteiger partial charge in [0.15, 0.2) is 5.96 Å². The molecule has 2 fully saturated rings. The largest absolute Gasteiger partial charge is 0.379 e. The Morgan fingerprint density at radius 3 is 2.54 bits per heavy atom. The molecule has 0 saturated carbocycles. The summed E-state index contributed by atoms with van der Waals surface area (Å²) in [5.74, 6) is 0.844. The lowest BCUT2D eigenvalue weighted by Gasteiger charge is -2.45. The van der Waals surface area contributed by atoms with Crippen LogP contribution in [0, 0.1) is 0 Å². The summed E-state index contributed by atoms with van der Waals surface area (Å²) >= 11 is 0. The zero-order valence-electron chi connectivity index (χ0n) is 18.3. The second kappa shape index (κ2) is 13.2. The van der Waals surface area contributed by atoms with E-state index in [-0.39, 0.29) is 41.7 Å². The standard InChI is InChI=1S/C20H40N4O3.HI/c1-16-12-24(13-17(2)27-16)20(3,4)15-23-19(21-5)22-9-7-10-25-14-18-8-6-11-26-18;/h16-18H,6-15H2,1-5H3,(H2,21,22,23);1H. The average Bonchev–Trinajstić information content (AvgIpc) is 3.13. The molecule has 2 heterocycles. The third-order valence-electron chi connectivity index (χ3n) is 5.27. The van der Waals surface area contributed by atoms with Gasteiger partial charge in [0.25, 0.3) is 0 Å². The van der Waals surface area contributed by atoms with Crippen LogP contribution in [0.25, 0.3) is 0 Å². The summed E-state index contributed by atoms with van der Waals surface area (Å²) in [6.45, 7) is 14.8. The van der Waals surface area contributed by atoms with Crippen molar-refractivity contribution >= 4 is 29.9 Å². The Morgan fingerprint density at radius 2 is 1.93 bits per heavy atom. The number of aliphatic imine (C=N–C) groups is 1. The quantitative estimate of drug-likeness (QED) is 0.214. The van der Waals surface area contributed by atoms with Crippen molar-refractivity contribution in [3.8, 4) is 0 Å². The first-order valence-electron chi connectivity index (χ1n) is 10.4. The van der Waals surface area contributed by atoms with Crippen molar-refractivity contribution in [1.29, 1.82) is 0 Å². The van der Waals surface area contributed by atoms with Crippen molar-refractivity contribution in [3.05, 3.63) is 0 Å². The maximum atomic E-state index is 5.86. The van der Waals surface area contributed by atoms with Crippen LogP contribution < -0.4 is 10.6 Å². The number of nitrogens with one attached hydrogen (secondary N) is 2. The maximum absolute atomic E-state index is 5.86. The summed E-state index contributed by atoms with van der Waals surface area (Å²) in [6.07, 6.45) is 4.11. The van der Waals surface area contributed by atoms with E-state index >= 15 is 0 Å². The fourth-order valence-electron chi connectivity index (χ4n) is 3.68. The van der Waals surface area contributed by atoms with E-state index in [2.05, 4.69) is 48.2 Å². The Bertz CT molecular complexity index is 449. The highest BCUT2D eigenvalue weighted by Crippen LogP contribution is 2.20. The molecule has 0 aromatic heterocycles. The molecule has 0 aliphatic carbocycles. The zero-order chi connectivity index (χ0) is 19.7. The highest BCUT2D eigenvalue weighted by molar-refractivity contribution is 14.0. The van der Waals surface area contributed by atoms with E-state index in [0.29, 0.717) is 6.10 Å². The van der Waals surface area contributed by atoms with Crippen LogP contribution in [-0.4, -0.2) is 87.8 Å². The lowest BCUT2D eigenvalue weighted by Crippen LogP contribution is -2.59. The third-order valence-corrected chi connectivity index (χ3v) is 5.27. The van der Waals surface area contributed by atoms with Crippen LogP contribution in [-0.2, 0) is 14.2 Å². The highest BCUT2D eigenvalue weighted by Gasteiger charge is 2.33. The normalized spacial score (nSPS) is 26.8. The number of morpholine rings is 1. The van der Waals surface area contributed by atoms with Gasteiger partial charge in [-0.1, -0.05) is 0 Å². The van der Waals surface area contributed by atoms with Crippen molar-refractivity contribution in [2.24, 2.45) is 4.99 Å². The minimum Gasteiger partial charge on any atom is -0.379 e. The maximum Gasteiger partial charge on any atom is 0.191 e. The van der Waals surface area contributed by atoms with Crippen molar-refractivity contribution in [2.45, 2.75) is 70.8 Å². The van der Waals surface area contributed by atoms with Crippen LogP contribution >= 0.6 is 24.0 Å². The first kappa shape index (κ1) is 25.9. The predicted octanol–water partition coefficient (Wildman–Crippen LogP) is 2.24. The van der Waals surface area contributed by atoms with Gasteiger partial charge in [-0.25, -0.2) is 0 Å². The van der Waals surface area contributed by atoms with Gasteiger partial charge < -0.3 is 24.8 Å². The number of hydrogen-bond acceptors (Lipinski definition) is 5. The monoisotopic (exact) mass is 512 g/mol. The molecule has 0 radical (unpaired) electrons. The molecule has 2 aliphatic heterocycles. The molecule has 2 aliphatic rings. The fourth-order valence-corrected chi connectivity index (χ4v) is 3.68. The molecule has 0 amide bonds. The molecule has 0 aromatic rings. The molecule has 0 spiro atoms. The van der Waals surface area contributed by atoms with Crippen LogP contribution in [0.15, 0.2) is 4.99 Å². The van der Waals surface area contributed by atoms with Gasteiger partial charge in [-0.3, -0.25) is 9.89 Å². The summed E-state index contributed by atoms with van der Waals surface area (Å²) in [5.41, 5.74) is 0.0360. The molecule has 0 aromatic carbocycles. The van der Waals surface area contributed by atoms with E-state index in [4.69, 9.17) is 14.2 Å². The SMILES string of the molecule is CN=C(NCCCOCC1CCCO1)NCC(C)(C)N1CC(C)OC(C)C1.I. The number of halogens is 1. The summed E-state index contributed by atoms with van der Waals surface area (Å²) in [4.78, 5) is 6.84. The van der Waals surface area contributed by atoms with Crippen LogP contribution in [0.5, 0.6) is 0 Å². The molecule has 3 atom stereocenters. The number of hydrogen-bond donors (Lipinski definition) is 2. The van der Waals surface area contributed by atoms with E-state index in [0.717, 1.165) is 71.2 Å². The molecular formula is C20H41IN4O3. The summed E-state index contributed by atoms with van der Waals surface area (Å²) < 4.78 is 17.1. The van der Waals surface area contributed by atoms with Gasteiger partial charge >= 0.3 is 0 Å². The van der Waals surface area contributed by atoms with E-state index in [1.54, 1.807) is 0 Å². The van der Waals surface area contributed by atoms with Gasteiger partial charge in [0, 0.05) is 52.0 Å². The third kappa shape index (κ3) is 9.11. The van der Waals surface area contributed by atoms with Crippen molar-refractivity contribution in [3.63, 3.8) is 0 Å². The number of guanidine groups is 1. The van der Waals surface area contributed by atoms with Gasteiger partial charge in [0.05, 0.1) is 24.9 Å². The predicted molar refractivity (Wildman–Crippen MR) is 125 cm³/mol. The molecule has 3 unspecified atom stereocenters. The van der Waals surface area contributed by atoms with Gasteiger partial charge in [-0.2, -0.15) is 0 Å². The number of rotatable bonds is 9. The molecule has 2 saturated heterocycles. The smallest absolute Gasteiger partial charge is 0.191 e. The molecule has 8 heteroatoms. The van der Waals surface area contributed by atoms with Crippen LogP contribution in [0.2, 0.25) is 0 Å². The topological polar surface area (TPSA) is 67.4 Å². The molecule has 2 N–H and O–H groups in total. The first-order valence-corrected chi connectivity index (χ1v) is 10.4. The van der Waals surface area contributed by atoms with Crippen molar-refractivity contribution < 1.29 is 14.2 Å². The first-order chi connectivity index (χ1) is 12.9. The second-order valence-corrected chi connectivity index (χ2v) is 8.39. The Hall–Kier alpha value is -0.160. The lowest BCUT2D eigenvalue weighted by molar-refractivity contribution is -0.0946. The fraction of sp³-hybridized carbons (Fsp3) is 0.950. The van der Waals surface area contributed by atoms with Crippen molar-refractivity contribution in [1.82, 2.24) is 15.5 Å². The lowest BCUT2D eigenvalue weighted by atomic mass is 10.00. The molecular weight excluding hydrogens is 471 g/mol. The molecule has 0 bridgehead atoms. The van der Waals surface area contributed by atoms with Gasteiger partial charge in [-0.15, -0.1) is 24.0 Å². The Labute approximate surface area is 188 Å². The molecule has 2 rings (SSSR count). The van der Waals surface area contributed by atoms with Gasteiger partial charge in [0.2, 0.25) is 0 Å². The Balaban J connectivity index is 0.00000392. The van der Waals surface area contributed by atoms with E-state index in [9.17, 15) is 0 Å². The average molecular weight is 512 g/mol. The van der Waals surface area contributed by atoms with E-state index in [1.807, 2.05) is 7.05 Å². The Morgan fingerprint density at radius 1 is 1.21 bits per heavy atom. The molecule has 166 valence electrons. The van der Waals surface area contributed by atoms with Crippen LogP contribution in [0.3, 0.4) is 0 Å². The minimum absolute atomic E-state index is 0. The second-order valence-electron chi connectivity index (χ2n) is 8.39.